The Morgan fingerprint density at radius 3 is 2.65 bits per heavy atom. The van der Waals surface area contributed by atoms with Crippen LogP contribution in [0.5, 0.6) is 0 Å². The Balaban J connectivity index is 2.06. The summed E-state index contributed by atoms with van der Waals surface area (Å²) in [7, 11) is 0. The van der Waals surface area contributed by atoms with Crippen molar-refractivity contribution in [3.63, 3.8) is 0 Å². The van der Waals surface area contributed by atoms with Gasteiger partial charge in [0.25, 0.3) is 0 Å². The lowest BCUT2D eigenvalue weighted by Crippen LogP contribution is -2.26. The lowest BCUT2D eigenvalue weighted by Gasteiger charge is -2.09. The summed E-state index contributed by atoms with van der Waals surface area (Å²) >= 11 is 0. The van der Waals surface area contributed by atoms with Crippen molar-refractivity contribution in [1.29, 1.82) is 0 Å². The molecule has 0 spiro atoms. The van der Waals surface area contributed by atoms with Crippen LogP contribution in [0.25, 0.3) is 0 Å². The predicted octanol–water partition coefficient (Wildman–Crippen LogP) is 1.82. The fourth-order valence-corrected chi connectivity index (χ4v) is 1.97. The summed E-state index contributed by atoms with van der Waals surface area (Å²) in [5.74, 6) is -2.11. The summed E-state index contributed by atoms with van der Waals surface area (Å²) in [4.78, 5) is 29.1. The molecule has 0 fully saturated rings. The molecule has 0 saturated heterocycles. The normalized spacial score (nSPS) is 10.3. The first kappa shape index (κ1) is 19.0. The van der Waals surface area contributed by atoms with Gasteiger partial charge in [0.2, 0.25) is 17.7 Å². The third kappa shape index (κ3) is 5.33. The Bertz CT molecular complexity index is 818. The minimum Gasteiger partial charge on any atom is -0.362 e. The number of benzene rings is 1. The Morgan fingerprint density at radius 2 is 2.00 bits per heavy atom. The molecule has 138 valence electrons. The molecule has 1 heterocycles. The fraction of sp³-hybridized carbons (Fsp3) is 0.267. The van der Waals surface area contributed by atoms with Gasteiger partial charge in [0.1, 0.15) is 6.20 Å². The molecule has 1 aromatic heterocycles. The number of hydrogen-bond donors (Lipinski definition) is 3. The van der Waals surface area contributed by atoms with Crippen molar-refractivity contribution in [3.05, 3.63) is 51.7 Å². The Hall–Kier alpha value is -3.37. The lowest BCUT2D eigenvalue weighted by atomic mass is 10.2. The SMILES string of the molecule is CC(=O)NCCNc1nc(NCc2ccc(F)c(F)c2)ncc1[N+](=O)[O-]. The number of nitro groups is 1. The standard InChI is InChI=1S/C15H16F2N6O3/c1-9(24)18-4-5-19-14-13(23(25)26)8-21-15(22-14)20-7-10-2-3-11(16)12(17)6-10/h2-3,6,8H,4-5,7H2,1H3,(H,18,24)(H2,19,20,21,22). The van der Waals surface area contributed by atoms with Crippen LogP contribution < -0.4 is 16.0 Å². The van der Waals surface area contributed by atoms with Crippen molar-refractivity contribution in [1.82, 2.24) is 15.3 Å². The molecule has 0 aliphatic rings. The number of amides is 1. The van der Waals surface area contributed by atoms with Crippen LogP contribution in [-0.4, -0.2) is 33.9 Å². The number of halogens is 2. The van der Waals surface area contributed by atoms with Gasteiger partial charge >= 0.3 is 5.69 Å². The zero-order chi connectivity index (χ0) is 19.1. The summed E-state index contributed by atoms with van der Waals surface area (Å²) in [5.41, 5.74) is 0.122. The molecular weight excluding hydrogens is 350 g/mol. The molecular formula is C15H16F2N6O3. The molecule has 26 heavy (non-hydrogen) atoms. The molecule has 0 radical (unpaired) electrons. The van der Waals surface area contributed by atoms with E-state index >= 15 is 0 Å². The van der Waals surface area contributed by atoms with Crippen LogP contribution in [0.2, 0.25) is 0 Å². The van der Waals surface area contributed by atoms with E-state index in [0.717, 1.165) is 18.3 Å². The molecule has 0 aliphatic carbocycles. The molecule has 0 saturated carbocycles. The van der Waals surface area contributed by atoms with E-state index < -0.39 is 16.6 Å². The first-order valence-corrected chi connectivity index (χ1v) is 7.54. The number of aromatic nitrogens is 2. The van der Waals surface area contributed by atoms with Crippen LogP contribution in [-0.2, 0) is 11.3 Å². The van der Waals surface area contributed by atoms with Crippen molar-refractivity contribution in [2.24, 2.45) is 0 Å². The molecule has 11 heteroatoms. The summed E-state index contributed by atoms with van der Waals surface area (Å²) in [6.45, 7) is 1.93. The average molecular weight is 366 g/mol. The molecule has 1 aromatic carbocycles. The van der Waals surface area contributed by atoms with Crippen molar-refractivity contribution in [2.75, 3.05) is 23.7 Å². The van der Waals surface area contributed by atoms with Crippen LogP contribution in [0, 0.1) is 21.7 Å². The maximum atomic E-state index is 13.2. The highest BCUT2D eigenvalue weighted by Crippen LogP contribution is 2.22. The second-order valence-corrected chi connectivity index (χ2v) is 5.20. The van der Waals surface area contributed by atoms with Crippen molar-refractivity contribution in [2.45, 2.75) is 13.5 Å². The van der Waals surface area contributed by atoms with Crippen LogP contribution in [0.4, 0.5) is 26.2 Å². The van der Waals surface area contributed by atoms with E-state index in [1.165, 1.54) is 13.0 Å². The zero-order valence-electron chi connectivity index (χ0n) is 13.8. The van der Waals surface area contributed by atoms with Gasteiger partial charge in [0.15, 0.2) is 11.6 Å². The van der Waals surface area contributed by atoms with E-state index in [4.69, 9.17) is 0 Å². The van der Waals surface area contributed by atoms with Gasteiger partial charge in [-0.1, -0.05) is 6.07 Å². The number of carbonyl (C=O) groups is 1. The Morgan fingerprint density at radius 1 is 1.23 bits per heavy atom. The number of rotatable bonds is 8. The quantitative estimate of drug-likeness (QED) is 0.370. The van der Waals surface area contributed by atoms with Crippen LogP contribution in [0.3, 0.4) is 0 Å². The highest BCUT2D eigenvalue weighted by Gasteiger charge is 2.17. The van der Waals surface area contributed by atoms with E-state index in [1.807, 2.05) is 0 Å². The lowest BCUT2D eigenvalue weighted by molar-refractivity contribution is -0.384. The molecule has 1 amide bonds. The van der Waals surface area contributed by atoms with Gasteiger partial charge in [-0.3, -0.25) is 14.9 Å². The van der Waals surface area contributed by atoms with E-state index in [0.29, 0.717) is 5.56 Å². The average Bonchev–Trinajstić information content (AvgIpc) is 2.59. The highest BCUT2D eigenvalue weighted by molar-refractivity contribution is 5.72. The van der Waals surface area contributed by atoms with Gasteiger partial charge in [0, 0.05) is 26.6 Å². The van der Waals surface area contributed by atoms with Gasteiger partial charge in [-0.15, -0.1) is 0 Å². The minimum absolute atomic E-state index is 0.0249. The molecule has 2 rings (SSSR count). The van der Waals surface area contributed by atoms with Gasteiger partial charge in [-0.05, 0) is 17.7 Å². The predicted molar refractivity (Wildman–Crippen MR) is 89.5 cm³/mol. The third-order valence-corrected chi connectivity index (χ3v) is 3.19. The first-order chi connectivity index (χ1) is 12.4. The van der Waals surface area contributed by atoms with Gasteiger partial charge in [0.05, 0.1) is 4.92 Å². The topological polar surface area (TPSA) is 122 Å². The van der Waals surface area contributed by atoms with E-state index in [-0.39, 0.29) is 43.0 Å². The molecule has 9 nitrogen and oxygen atoms in total. The number of nitrogens with zero attached hydrogens (tertiary/aromatic N) is 3. The second kappa shape index (κ2) is 8.65. The number of carbonyl (C=O) groups excluding carboxylic acids is 1. The number of anilines is 2. The molecule has 2 aromatic rings. The highest BCUT2D eigenvalue weighted by atomic mass is 19.2. The Labute approximate surface area is 147 Å². The smallest absolute Gasteiger partial charge is 0.329 e. The molecule has 0 atom stereocenters. The third-order valence-electron chi connectivity index (χ3n) is 3.19. The summed E-state index contributed by atoms with van der Waals surface area (Å²) < 4.78 is 26.1. The van der Waals surface area contributed by atoms with Crippen molar-refractivity contribution >= 4 is 23.4 Å². The van der Waals surface area contributed by atoms with Gasteiger partial charge < -0.3 is 16.0 Å². The maximum Gasteiger partial charge on any atom is 0.329 e. The minimum atomic E-state index is -0.978. The largest absolute Gasteiger partial charge is 0.362 e. The van der Waals surface area contributed by atoms with E-state index in [1.54, 1.807) is 0 Å². The van der Waals surface area contributed by atoms with Crippen molar-refractivity contribution < 1.29 is 18.5 Å². The molecule has 0 bridgehead atoms. The molecule has 0 aliphatic heterocycles. The van der Waals surface area contributed by atoms with E-state index in [9.17, 15) is 23.7 Å². The molecule has 3 N–H and O–H groups in total. The van der Waals surface area contributed by atoms with Crippen molar-refractivity contribution in [3.8, 4) is 0 Å². The monoisotopic (exact) mass is 366 g/mol. The molecule has 0 unspecified atom stereocenters. The summed E-state index contributed by atoms with van der Waals surface area (Å²) in [6.07, 6.45) is 1.03. The van der Waals surface area contributed by atoms with E-state index in [2.05, 4.69) is 25.9 Å². The number of nitrogens with one attached hydrogen (secondary N) is 3. The summed E-state index contributed by atoms with van der Waals surface area (Å²) in [5, 5.41) is 19.1. The van der Waals surface area contributed by atoms with Crippen LogP contribution >= 0.6 is 0 Å². The number of hydrogen-bond acceptors (Lipinski definition) is 7. The van der Waals surface area contributed by atoms with Crippen LogP contribution in [0.15, 0.2) is 24.4 Å². The zero-order valence-corrected chi connectivity index (χ0v) is 13.8. The maximum absolute atomic E-state index is 13.2. The van der Waals surface area contributed by atoms with Gasteiger partial charge in [-0.25, -0.2) is 13.8 Å². The second-order valence-electron chi connectivity index (χ2n) is 5.20. The summed E-state index contributed by atoms with van der Waals surface area (Å²) in [6, 6.07) is 3.42. The van der Waals surface area contributed by atoms with Crippen LogP contribution in [0.1, 0.15) is 12.5 Å². The first-order valence-electron chi connectivity index (χ1n) is 7.54. The van der Waals surface area contributed by atoms with Gasteiger partial charge in [-0.2, -0.15) is 4.98 Å². The Kier molecular flexibility index (Phi) is 6.31. The fourth-order valence-electron chi connectivity index (χ4n) is 1.97.